The number of halogens is 2. The molecule has 0 radical (unpaired) electrons. The molecule has 1 aliphatic carbocycles. The van der Waals surface area contributed by atoms with Gasteiger partial charge in [0.2, 0.25) is 10.0 Å². The SMILES string of the molecule is NC1(CNS(=O)(=O)c2c(F)cccc2F)CCCCCC1. The summed E-state index contributed by atoms with van der Waals surface area (Å²) in [5, 5.41) is 0. The third kappa shape index (κ3) is 3.99. The maximum Gasteiger partial charge on any atom is 0.246 e. The Kier molecular flexibility index (Phi) is 4.95. The van der Waals surface area contributed by atoms with Crippen molar-refractivity contribution in [3.63, 3.8) is 0 Å². The second-order valence-electron chi connectivity index (χ2n) is 5.65. The van der Waals surface area contributed by atoms with Crippen LogP contribution >= 0.6 is 0 Å². The first kappa shape index (κ1) is 16.3. The quantitative estimate of drug-likeness (QED) is 0.837. The molecule has 118 valence electrons. The Morgan fingerprint density at radius 2 is 1.62 bits per heavy atom. The standard InChI is InChI=1S/C14H20F2N2O2S/c15-11-6-5-7-12(16)13(11)21(19,20)18-10-14(17)8-3-1-2-4-9-14/h5-7,18H,1-4,8-10,17H2. The first-order valence-electron chi connectivity index (χ1n) is 7.07. The van der Waals surface area contributed by atoms with Gasteiger partial charge < -0.3 is 5.73 Å². The van der Waals surface area contributed by atoms with Crippen molar-refractivity contribution in [3.05, 3.63) is 29.8 Å². The van der Waals surface area contributed by atoms with Gasteiger partial charge in [-0.2, -0.15) is 0 Å². The van der Waals surface area contributed by atoms with Crippen molar-refractivity contribution >= 4 is 10.0 Å². The normalized spacial score (nSPS) is 19.2. The highest BCUT2D eigenvalue weighted by molar-refractivity contribution is 7.89. The van der Waals surface area contributed by atoms with E-state index in [0.717, 1.165) is 43.9 Å². The minimum atomic E-state index is -4.25. The average molecular weight is 318 g/mol. The zero-order chi connectivity index (χ0) is 15.5. The van der Waals surface area contributed by atoms with Crippen molar-refractivity contribution in [2.75, 3.05) is 6.54 Å². The van der Waals surface area contributed by atoms with E-state index in [0.29, 0.717) is 12.8 Å². The van der Waals surface area contributed by atoms with Gasteiger partial charge in [-0.3, -0.25) is 0 Å². The molecule has 1 aromatic carbocycles. The third-order valence-corrected chi connectivity index (χ3v) is 5.35. The van der Waals surface area contributed by atoms with Crippen LogP contribution in [0.4, 0.5) is 8.78 Å². The lowest BCUT2D eigenvalue weighted by molar-refractivity contribution is 0.368. The summed E-state index contributed by atoms with van der Waals surface area (Å²) < 4.78 is 53.6. The van der Waals surface area contributed by atoms with Gasteiger partial charge in [0.05, 0.1) is 0 Å². The van der Waals surface area contributed by atoms with Gasteiger partial charge in [-0.25, -0.2) is 21.9 Å². The predicted octanol–water partition coefficient (Wildman–Crippen LogP) is 2.29. The fourth-order valence-corrected chi connectivity index (χ4v) is 3.93. The van der Waals surface area contributed by atoms with E-state index in [9.17, 15) is 17.2 Å². The van der Waals surface area contributed by atoms with Crippen molar-refractivity contribution in [1.29, 1.82) is 0 Å². The van der Waals surface area contributed by atoms with Gasteiger partial charge in [-0.15, -0.1) is 0 Å². The fraction of sp³-hybridized carbons (Fsp3) is 0.571. The van der Waals surface area contributed by atoms with E-state index < -0.39 is 32.1 Å². The Bertz CT molecular complexity index is 577. The first-order chi connectivity index (χ1) is 9.84. The van der Waals surface area contributed by atoms with Crippen LogP contribution in [-0.2, 0) is 10.0 Å². The molecule has 4 nitrogen and oxygen atoms in total. The van der Waals surface area contributed by atoms with Gasteiger partial charge in [0, 0.05) is 12.1 Å². The van der Waals surface area contributed by atoms with Crippen molar-refractivity contribution in [2.24, 2.45) is 5.73 Å². The van der Waals surface area contributed by atoms with Crippen LogP contribution in [-0.4, -0.2) is 20.5 Å². The zero-order valence-corrected chi connectivity index (χ0v) is 12.6. The van der Waals surface area contributed by atoms with Crippen LogP contribution in [0.15, 0.2) is 23.1 Å². The van der Waals surface area contributed by atoms with E-state index in [1.54, 1.807) is 0 Å². The van der Waals surface area contributed by atoms with Gasteiger partial charge in [0.25, 0.3) is 0 Å². The Labute approximate surface area is 123 Å². The Morgan fingerprint density at radius 1 is 1.10 bits per heavy atom. The maximum atomic E-state index is 13.6. The Balaban J connectivity index is 2.14. The molecule has 0 atom stereocenters. The highest BCUT2D eigenvalue weighted by Crippen LogP contribution is 2.25. The molecular weight excluding hydrogens is 298 g/mol. The highest BCUT2D eigenvalue weighted by atomic mass is 32.2. The average Bonchev–Trinajstić information content (AvgIpc) is 2.62. The van der Waals surface area contributed by atoms with E-state index in [4.69, 9.17) is 5.73 Å². The highest BCUT2D eigenvalue weighted by Gasteiger charge is 2.30. The smallest absolute Gasteiger partial charge is 0.246 e. The number of benzene rings is 1. The number of nitrogens with one attached hydrogen (secondary N) is 1. The monoisotopic (exact) mass is 318 g/mol. The van der Waals surface area contributed by atoms with Crippen molar-refractivity contribution in [2.45, 2.75) is 49.0 Å². The molecule has 0 saturated heterocycles. The summed E-state index contributed by atoms with van der Waals surface area (Å²) in [5.41, 5.74) is 5.56. The van der Waals surface area contributed by atoms with Gasteiger partial charge in [0.15, 0.2) is 4.90 Å². The summed E-state index contributed by atoms with van der Waals surface area (Å²) in [7, 11) is -4.25. The molecule has 21 heavy (non-hydrogen) atoms. The van der Waals surface area contributed by atoms with E-state index in [-0.39, 0.29) is 6.54 Å². The number of hydrogen-bond donors (Lipinski definition) is 2. The van der Waals surface area contributed by atoms with Crippen molar-refractivity contribution < 1.29 is 17.2 Å². The van der Waals surface area contributed by atoms with Crippen LogP contribution in [0, 0.1) is 11.6 Å². The molecule has 0 spiro atoms. The van der Waals surface area contributed by atoms with Crippen LogP contribution in [0.1, 0.15) is 38.5 Å². The molecule has 0 bridgehead atoms. The van der Waals surface area contributed by atoms with Gasteiger partial charge in [0.1, 0.15) is 11.6 Å². The number of nitrogens with two attached hydrogens (primary N) is 1. The topological polar surface area (TPSA) is 72.2 Å². The fourth-order valence-electron chi connectivity index (χ4n) is 2.66. The van der Waals surface area contributed by atoms with Crippen LogP contribution in [0.5, 0.6) is 0 Å². The second kappa shape index (κ2) is 6.37. The molecule has 1 fully saturated rings. The third-order valence-electron chi connectivity index (χ3n) is 3.90. The van der Waals surface area contributed by atoms with Gasteiger partial charge in [-0.05, 0) is 25.0 Å². The summed E-state index contributed by atoms with van der Waals surface area (Å²) in [6.07, 6.45) is 5.43. The van der Waals surface area contributed by atoms with E-state index in [2.05, 4.69) is 4.72 Å². The van der Waals surface area contributed by atoms with Crippen LogP contribution in [0.2, 0.25) is 0 Å². The molecule has 1 aromatic rings. The largest absolute Gasteiger partial charge is 0.324 e. The van der Waals surface area contributed by atoms with Crippen molar-refractivity contribution in [3.8, 4) is 0 Å². The van der Waals surface area contributed by atoms with E-state index in [1.807, 2.05) is 0 Å². The molecule has 2 rings (SSSR count). The van der Waals surface area contributed by atoms with Crippen LogP contribution in [0.25, 0.3) is 0 Å². The van der Waals surface area contributed by atoms with Gasteiger partial charge in [-0.1, -0.05) is 31.7 Å². The van der Waals surface area contributed by atoms with Crippen molar-refractivity contribution in [1.82, 2.24) is 4.72 Å². The number of sulfonamides is 1. The number of hydrogen-bond acceptors (Lipinski definition) is 3. The van der Waals surface area contributed by atoms with Crippen LogP contribution < -0.4 is 10.5 Å². The lowest BCUT2D eigenvalue weighted by atomic mass is 9.92. The Hall–Kier alpha value is -1.05. The molecule has 0 unspecified atom stereocenters. The molecule has 1 saturated carbocycles. The summed E-state index contributed by atoms with van der Waals surface area (Å²) >= 11 is 0. The molecule has 7 heteroatoms. The maximum absolute atomic E-state index is 13.6. The summed E-state index contributed by atoms with van der Waals surface area (Å²) in [4.78, 5) is -0.942. The van der Waals surface area contributed by atoms with Gasteiger partial charge >= 0.3 is 0 Å². The molecule has 3 N–H and O–H groups in total. The Morgan fingerprint density at radius 3 is 2.14 bits per heavy atom. The first-order valence-corrected chi connectivity index (χ1v) is 8.55. The lowest BCUT2D eigenvalue weighted by Crippen LogP contribution is -2.49. The summed E-state index contributed by atoms with van der Waals surface area (Å²) in [6, 6.07) is 2.96. The molecule has 0 aliphatic heterocycles. The lowest BCUT2D eigenvalue weighted by Gasteiger charge is -2.28. The molecule has 0 aromatic heterocycles. The minimum Gasteiger partial charge on any atom is -0.324 e. The van der Waals surface area contributed by atoms with E-state index >= 15 is 0 Å². The summed E-state index contributed by atoms with van der Waals surface area (Å²) in [6.45, 7) is -0.0108. The zero-order valence-electron chi connectivity index (χ0n) is 11.7. The molecular formula is C14H20F2N2O2S. The molecule has 1 aliphatic rings. The molecule has 0 heterocycles. The predicted molar refractivity (Wildman–Crippen MR) is 76.2 cm³/mol. The summed E-state index contributed by atoms with van der Waals surface area (Å²) in [5.74, 6) is -2.20. The molecule has 0 amide bonds. The van der Waals surface area contributed by atoms with E-state index in [1.165, 1.54) is 0 Å². The van der Waals surface area contributed by atoms with Crippen LogP contribution in [0.3, 0.4) is 0 Å². The minimum absolute atomic E-state index is 0.0108. The second-order valence-corrected chi connectivity index (χ2v) is 7.36. The number of rotatable bonds is 4.